The molecule has 1 saturated heterocycles. The lowest BCUT2D eigenvalue weighted by Gasteiger charge is -2.25. The number of benzene rings is 2. The van der Waals surface area contributed by atoms with Gasteiger partial charge in [-0.05, 0) is 56.2 Å². The van der Waals surface area contributed by atoms with E-state index >= 15 is 0 Å². The zero-order chi connectivity index (χ0) is 21.4. The van der Waals surface area contributed by atoms with Crippen LogP contribution in [-0.4, -0.2) is 50.1 Å². The third kappa shape index (κ3) is 6.23. The summed E-state index contributed by atoms with van der Waals surface area (Å²) in [6.45, 7) is 3.73. The lowest BCUT2D eigenvalue weighted by molar-refractivity contribution is -0.120. The van der Waals surface area contributed by atoms with E-state index in [0.29, 0.717) is 32.0 Å². The monoisotopic (exact) mass is 448 g/mol. The van der Waals surface area contributed by atoms with Crippen LogP contribution < -0.4 is 10.1 Å². The van der Waals surface area contributed by atoms with E-state index in [1.807, 2.05) is 37.3 Å². The van der Waals surface area contributed by atoms with Crippen molar-refractivity contribution in [2.75, 3.05) is 26.2 Å². The Morgan fingerprint density at radius 2 is 1.73 bits per heavy atom. The van der Waals surface area contributed by atoms with Gasteiger partial charge in [-0.3, -0.25) is 4.79 Å². The molecule has 1 atom stereocenters. The van der Waals surface area contributed by atoms with Crippen molar-refractivity contribution >= 4 is 27.7 Å². The van der Waals surface area contributed by atoms with Crippen LogP contribution in [-0.2, 0) is 14.8 Å². The number of carbonyl (C=O) groups is 1. The highest BCUT2D eigenvalue weighted by atomic mass is 32.2. The summed E-state index contributed by atoms with van der Waals surface area (Å²) in [5.41, 5.74) is 0. The number of ether oxygens (including phenoxy) is 1. The fourth-order valence-corrected chi connectivity index (χ4v) is 5.64. The molecule has 1 unspecified atom stereocenters. The lowest BCUT2D eigenvalue weighted by atomic mass is 10.2. The number of amides is 1. The second kappa shape index (κ2) is 10.8. The van der Waals surface area contributed by atoms with Crippen LogP contribution in [0.1, 0.15) is 26.2 Å². The molecule has 1 fully saturated rings. The largest absolute Gasteiger partial charge is 0.492 e. The minimum absolute atomic E-state index is 0.0459. The van der Waals surface area contributed by atoms with Crippen molar-refractivity contribution < 1.29 is 17.9 Å². The third-order valence-electron chi connectivity index (χ3n) is 4.87. The van der Waals surface area contributed by atoms with E-state index < -0.39 is 10.0 Å². The molecule has 8 heteroatoms. The summed E-state index contributed by atoms with van der Waals surface area (Å²) >= 11 is 1.51. The highest BCUT2D eigenvalue weighted by Gasteiger charge is 2.25. The highest BCUT2D eigenvalue weighted by molar-refractivity contribution is 8.00. The Morgan fingerprint density at radius 1 is 1.07 bits per heavy atom. The fraction of sp³-hybridized carbons (Fsp3) is 0.409. The Labute approximate surface area is 183 Å². The molecule has 30 heavy (non-hydrogen) atoms. The number of thioether (sulfide) groups is 1. The molecular weight excluding hydrogens is 420 g/mol. The minimum Gasteiger partial charge on any atom is -0.492 e. The molecule has 0 bridgehead atoms. The van der Waals surface area contributed by atoms with E-state index in [4.69, 9.17) is 4.74 Å². The smallest absolute Gasteiger partial charge is 0.243 e. The van der Waals surface area contributed by atoms with Crippen molar-refractivity contribution in [3.63, 3.8) is 0 Å². The molecule has 0 aromatic heterocycles. The van der Waals surface area contributed by atoms with E-state index in [2.05, 4.69) is 5.32 Å². The van der Waals surface area contributed by atoms with Crippen LogP contribution in [0.5, 0.6) is 5.75 Å². The predicted molar refractivity (Wildman–Crippen MR) is 119 cm³/mol. The number of nitrogens with zero attached hydrogens (tertiary/aromatic N) is 1. The molecular formula is C22H28N2O4S2. The van der Waals surface area contributed by atoms with Crippen molar-refractivity contribution in [3.05, 3.63) is 54.6 Å². The molecule has 0 aliphatic carbocycles. The van der Waals surface area contributed by atoms with Crippen molar-refractivity contribution in [1.29, 1.82) is 0 Å². The van der Waals surface area contributed by atoms with Gasteiger partial charge < -0.3 is 10.1 Å². The first-order chi connectivity index (χ1) is 14.5. The molecule has 1 heterocycles. The van der Waals surface area contributed by atoms with Gasteiger partial charge in [0.2, 0.25) is 15.9 Å². The molecule has 6 nitrogen and oxygen atoms in total. The van der Waals surface area contributed by atoms with Crippen LogP contribution in [0.4, 0.5) is 0 Å². The maximum absolute atomic E-state index is 12.7. The second-order valence-corrected chi connectivity index (χ2v) is 10.5. The van der Waals surface area contributed by atoms with E-state index in [9.17, 15) is 13.2 Å². The van der Waals surface area contributed by atoms with Gasteiger partial charge in [0.25, 0.3) is 0 Å². The number of rotatable bonds is 9. The lowest BCUT2D eigenvalue weighted by Crippen LogP contribution is -2.35. The van der Waals surface area contributed by atoms with Crippen molar-refractivity contribution in [1.82, 2.24) is 9.62 Å². The fourth-order valence-electron chi connectivity index (χ4n) is 3.21. The maximum atomic E-state index is 12.7. The summed E-state index contributed by atoms with van der Waals surface area (Å²) in [4.78, 5) is 13.5. The summed E-state index contributed by atoms with van der Waals surface area (Å²) in [5.74, 6) is 0.531. The standard InChI is InChI=1S/C22H28N2O4S2/c1-18(29-20-8-4-2-5-9-20)22(25)23-14-17-28-19-10-12-21(13-11-19)30(26,27)24-15-6-3-7-16-24/h2,4-5,8-13,18H,3,6-7,14-17H2,1H3,(H,23,25). The first kappa shape index (κ1) is 22.7. The Bertz CT molecular complexity index is 912. The topological polar surface area (TPSA) is 75.7 Å². The van der Waals surface area contributed by atoms with Gasteiger partial charge in [0.05, 0.1) is 16.7 Å². The Balaban J connectivity index is 1.42. The van der Waals surface area contributed by atoms with Gasteiger partial charge in [-0.15, -0.1) is 11.8 Å². The van der Waals surface area contributed by atoms with Gasteiger partial charge in [0.1, 0.15) is 12.4 Å². The number of carbonyl (C=O) groups excluding carboxylic acids is 1. The summed E-state index contributed by atoms with van der Waals surface area (Å²) in [6.07, 6.45) is 2.91. The summed E-state index contributed by atoms with van der Waals surface area (Å²) in [5, 5.41) is 2.66. The summed E-state index contributed by atoms with van der Waals surface area (Å²) in [6, 6.07) is 16.3. The first-order valence-electron chi connectivity index (χ1n) is 10.2. The summed E-state index contributed by atoms with van der Waals surface area (Å²) in [7, 11) is -3.43. The van der Waals surface area contributed by atoms with Gasteiger partial charge in [-0.25, -0.2) is 8.42 Å². The van der Waals surface area contributed by atoms with Gasteiger partial charge in [0, 0.05) is 18.0 Å². The zero-order valence-corrected chi connectivity index (χ0v) is 18.8. The van der Waals surface area contributed by atoms with Crippen LogP contribution >= 0.6 is 11.8 Å². The quantitative estimate of drug-likeness (QED) is 0.469. The molecule has 162 valence electrons. The number of sulfonamides is 1. The van der Waals surface area contributed by atoms with E-state index in [-0.39, 0.29) is 16.1 Å². The molecule has 3 rings (SSSR count). The van der Waals surface area contributed by atoms with E-state index in [1.165, 1.54) is 11.8 Å². The molecule has 1 N–H and O–H groups in total. The molecule has 2 aromatic rings. The average Bonchev–Trinajstić information content (AvgIpc) is 2.78. The maximum Gasteiger partial charge on any atom is 0.243 e. The Morgan fingerprint density at radius 3 is 2.40 bits per heavy atom. The van der Waals surface area contributed by atoms with Gasteiger partial charge in [-0.2, -0.15) is 4.31 Å². The molecule has 1 amide bonds. The Kier molecular flexibility index (Phi) is 8.18. The average molecular weight is 449 g/mol. The number of hydrogen-bond donors (Lipinski definition) is 1. The van der Waals surface area contributed by atoms with Crippen molar-refractivity contribution in [2.24, 2.45) is 0 Å². The first-order valence-corrected chi connectivity index (χ1v) is 12.5. The van der Waals surface area contributed by atoms with Crippen LogP contribution in [0.25, 0.3) is 0 Å². The molecule has 0 spiro atoms. The minimum atomic E-state index is -3.43. The van der Waals surface area contributed by atoms with Crippen LogP contribution in [0.15, 0.2) is 64.4 Å². The van der Waals surface area contributed by atoms with Gasteiger partial charge in [0.15, 0.2) is 0 Å². The Hall–Kier alpha value is -2.03. The number of piperidine rings is 1. The second-order valence-electron chi connectivity index (χ2n) is 7.15. The number of hydrogen-bond acceptors (Lipinski definition) is 5. The SMILES string of the molecule is CC(Sc1ccccc1)C(=O)NCCOc1ccc(S(=O)(=O)N2CCCCC2)cc1. The van der Waals surface area contributed by atoms with Crippen molar-refractivity contribution in [2.45, 2.75) is 41.2 Å². The zero-order valence-electron chi connectivity index (χ0n) is 17.1. The van der Waals surface area contributed by atoms with Gasteiger partial charge >= 0.3 is 0 Å². The van der Waals surface area contributed by atoms with Crippen LogP contribution in [0.3, 0.4) is 0 Å². The summed E-state index contributed by atoms with van der Waals surface area (Å²) < 4.78 is 32.5. The van der Waals surface area contributed by atoms with Crippen molar-refractivity contribution in [3.8, 4) is 5.75 Å². The number of nitrogens with one attached hydrogen (secondary N) is 1. The van der Waals surface area contributed by atoms with Crippen LogP contribution in [0, 0.1) is 0 Å². The molecule has 2 aromatic carbocycles. The molecule has 1 aliphatic heterocycles. The third-order valence-corrected chi connectivity index (χ3v) is 7.90. The predicted octanol–water partition coefficient (Wildman–Crippen LogP) is 3.54. The van der Waals surface area contributed by atoms with Crippen LogP contribution in [0.2, 0.25) is 0 Å². The molecule has 0 saturated carbocycles. The molecule has 0 radical (unpaired) electrons. The highest BCUT2D eigenvalue weighted by Crippen LogP contribution is 2.23. The normalized spacial score (nSPS) is 16.0. The molecule has 1 aliphatic rings. The van der Waals surface area contributed by atoms with E-state index in [1.54, 1.807) is 28.6 Å². The van der Waals surface area contributed by atoms with Gasteiger partial charge in [-0.1, -0.05) is 24.6 Å². The van der Waals surface area contributed by atoms with E-state index in [0.717, 1.165) is 24.2 Å².